The topological polar surface area (TPSA) is 132 Å². The van der Waals surface area contributed by atoms with Gasteiger partial charge in [0.1, 0.15) is 16.9 Å². The molecular formula is C24H27FN4O6. The average molecular weight is 487 g/mol. The number of rotatable bonds is 9. The lowest BCUT2D eigenvalue weighted by Crippen LogP contribution is -2.40. The third-order valence-electron chi connectivity index (χ3n) is 5.27. The number of aromatic nitrogens is 2. The lowest BCUT2D eigenvalue weighted by Gasteiger charge is -2.17. The maximum atomic E-state index is 13.3. The molecule has 1 atom stereocenters. The van der Waals surface area contributed by atoms with Crippen molar-refractivity contribution in [3.05, 3.63) is 69.4 Å². The third-order valence-corrected chi connectivity index (χ3v) is 5.27. The van der Waals surface area contributed by atoms with Crippen molar-refractivity contribution >= 4 is 23.0 Å². The first-order chi connectivity index (χ1) is 16.7. The SMILES string of the molecule is COCC(C)NC(=O)c1c(O)c2ncc(Cc3ccc(F)cc3)cc2n(CCNC(=O)OC)c1=O. The number of nitrogens with zero attached hydrogens (tertiary/aromatic N) is 2. The highest BCUT2D eigenvalue weighted by Crippen LogP contribution is 2.26. The van der Waals surface area contributed by atoms with Crippen LogP contribution in [0, 0.1) is 5.82 Å². The first-order valence-electron chi connectivity index (χ1n) is 10.9. The van der Waals surface area contributed by atoms with Crippen molar-refractivity contribution in [1.82, 2.24) is 20.2 Å². The molecule has 0 aliphatic rings. The van der Waals surface area contributed by atoms with E-state index in [2.05, 4.69) is 20.4 Å². The summed E-state index contributed by atoms with van der Waals surface area (Å²) in [5.74, 6) is -1.67. The summed E-state index contributed by atoms with van der Waals surface area (Å²) in [6.45, 7) is 1.91. The third kappa shape index (κ3) is 6.12. The molecule has 2 aromatic heterocycles. The molecule has 3 N–H and O–H groups in total. The molecule has 2 amide bonds. The lowest BCUT2D eigenvalue weighted by atomic mass is 10.1. The Kier molecular flexibility index (Phi) is 8.37. The van der Waals surface area contributed by atoms with Crippen molar-refractivity contribution in [2.45, 2.75) is 25.9 Å². The Balaban J connectivity index is 2.07. The summed E-state index contributed by atoms with van der Waals surface area (Å²) >= 11 is 0. The summed E-state index contributed by atoms with van der Waals surface area (Å²) in [6.07, 6.45) is 1.24. The van der Waals surface area contributed by atoms with Gasteiger partial charge < -0.3 is 29.8 Å². The summed E-state index contributed by atoms with van der Waals surface area (Å²) < 4.78 is 24.1. The van der Waals surface area contributed by atoms with E-state index < -0.39 is 34.9 Å². The second-order valence-corrected chi connectivity index (χ2v) is 7.94. The van der Waals surface area contributed by atoms with Crippen molar-refractivity contribution in [3.63, 3.8) is 0 Å². The number of nitrogens with one attached hydrogen (secondary N) is 2. The zero-order chi connectivity index (χ0) is 25.5. The number of benzene rings is 1. The van der Waals surface area contributed by atoms with Crippen LogP contribution >= 0.6 is 0 Å². The van der Waals surface area contributed by atoms with Gasteiger partial charge in [0.05, 0.1) is 19.2 Å². The quantitative estimate of drug-likeness (QED) is 0.421. The lowest BCUT2D eigenvalue weighted by molar-refractivity contribution is 0.0901. The molecule has 186 valence electrons. The number of carbonyl (C=O) groups excluding carboxylic acids is 2. The molecule has 0 bridgehead atoms. The second-order valence-electron chi connectivity index (χ2n) is 7.94. The Morgan fingerprint density at radius 2 is 1.91 bits per heavy atom. The van der Waals surface area contributed by atoms with Crippen LogP contribution in [0.5, 0.6) is 5.75 Å². The highest BCUT2D eigenvalue weighted by molar-refractivity contribution is 6.01. The van der Waals surface area contributed by atoms with Crippen LogP contribution in [-0.4, -0.2) is 60.1 Å². The average Bonchev–Trinajstić information content (AvgIpc) is 2.82. The van der Waals surface area contributed by atoms with Gasteiger partial charge in [0.15, 0.2) is 5.75 Å². The smallest absolute Gasteiger partial charge is 0.406 e. The van der Waals surface area contributed by atoms with E-state index in [1.807, 2.05) is 0 Å². The summed E-state index contributed by atoms with van der Waals surface area (Å²) in [6, 6.07) is 7.22. The zero-order valence-corrected chi connectivity index (χ0v) is 19.6. The number of hydrogen-bond acceptors (Lipinski definition) is 7. The van der Waals surface area contributed by atoms with Crippen LogP contribution < -0.4 is 16.2 Å². The van der Waals surface area contributed by atoms with Gasteiger partial charge in [-0.25, -0.2) is 9.18 Å². The summed E-state index contributed by atoms with van der Waals surface area (Å²) in [5.41, 5.74) is 0.641. The molecule has 10 nitrogen and oxygen atoms in total. The van der Waals surface area contributed by atoms with Crippen LogP contribution in [0.3, 0.4) is 0 Å². The van der Waals surface area contributed by atoms with Gasteiger partial charge in [0, 0.05) is 32.4 Å². The first-order valence-corrected chi connectivity index (χ1v) is 10.9. The summed E-state index contributed by atoms with van der Waals surface area (Å²) in [5, 5.41) is 15.9. The fourth-order valence-electron chi connectivity index (χ4n) is 3.64. The van der Waals surface area contributed by atoms with Crippen LogP contribution in [0.4, 0.5) is 9.18 Å². The molecule has 2 heterocycles. The molecule has 0 fully saturated rings. The fourth-order valence-corrected chi connectivity index (χ4v) is 3.64. The number of methoxy groups -OCH3 is 2. The Morgan fingerprint density at radius 3 is 2.57 bits per heavy atom. The maximum absolute atomic E-state index is 13.3. The second kappa shape index (κ2) is 11.4. The number of alkyl carbamates (subject to hydrolysis) is 1. The molecule has 1 aromatic carbocycles. The zero-order valence-electron chi connectivity index (χ0n) is 19.6. The van der Waals surface area contributed by atoms with E-state index in [9.17, 15) is 23.9 Å². The van der Waals surface area contributed by atoms with E-state index in [-0.39, 0.29) is 36.5 Å². The van der Waals surface area contributed by atoms with E-state index >= 15 is 0 Å². The van der Waals surface area contributed by atoms with E-state index in [0.717, 1.165) is 5.56 Å². The monoisotopic (exact) mass is 486 g/mol. The largest absolute Gasteiger partial charge is 0.505 e. The minimum absolute atomic E-state index is 0.0136. The maximum Gasteiger partial charge on any atom is 0.406 e. The van der Waals surface area contributed by atoms with Crippen molar-refractivity contribution in [2.75, 3.05) is 27.4 Å². The van der Waals surface area contributed by atoms with Gasteiger partial charge in [-0.3, -0.25) is 14.6 Å². The standard InChI is InChI=1S/C24H27FN4O6/c1-14(13-34-2)28-22(31)19-21(30)20-18(29(23(19)32)9-8-26-24(33)35-3)11-16(12-27-20)10-15-4-6-17(25)7-5-15/h4-7,11-12,14,30H,8-10,13H2,1-3H3,(H,26,33)(H,28,31). The number of carbonyl (C=O) groups is 2. The highest BCUT2D eigenvalue weighted by Gasteiger charge is 2.24. The van der Waals surface area contributed by atoms with E-state index in [1.165, 1.54) is 37.1 Å². The van der Waals surface area contributed by atoms with E-state index in [1.54, 1.807) is 25.1 Å². The molecule has 0 aliphatic heterocycles. The van der Waals surface area contributed by atoms with Crippen LogP contribution in [0.15, 0.2) is 41.3 Å². The van der Waals surface area contributed by atoms with Gasteiger partial charge in [-0.2, -0.15) is 0 Å². The van der Waals surface area contributed by atoms with Gasteiger partial charge in [-0.1, -0.05) is 12.1 Å². The normalized spacial score (nSPS) is 11.8. The molecule has 3 rings (SSSR count). The number of pyridine rings is 2. The van der Waals surface area contributed by atoms with Gasteiger partial charge in [-0.05, 0) is 42.7 Å². The minimum Gasteiger partial charge on any atom is -0.505 e. The number of aromatic hydroxyl groups is 1. The van der Waals surface area contributed by atoms with Crippen molar-refractivity contribution < 1.29 is 28.6 Å². The van der Waals surface area contributed by atoms with Crippen LogP contribution in [0.1, 0.15) is 28.4 Å². The summed E-state index contributed by atoms with van der Waals surface area (Å²) in [4.78, 5) is 42.0. The van der Waals surface area contributed by atoms with E-state index in [4.69, 9.17) is 4.74 Å². The van der Waals surface area contributed by atoms with Crippen LogP contribution in [0.2, 0.25) is 0 Å². The molecule has 3 aromatic rings. The molecule has 11 heteroatoms. The minimum atomic E-state index is -0.772. The number of fused-ring (bicyclic) bond motifs is 1. The molecule has 1 unspecified atom stereocenters. The predicted molar refractivity (Wildman–Crippen MR) is 126 cm³/mol. The van der Waals surface area contributed by atoms with Gasteiger partial charge in [0.25, 0.3) is 11.5 Å². The Labute approximate surface area is 200 Å². The van der Waals surface area contributed by atoms with Crippen molar-refractivity contribution in [3.8, 4) is 5.75 Å². The number of hydrogen-bond donors (Lipinski definition) is 3. The van der Waals surface area contributed by atoms with Gasteiger partial charge >= 0.3 is 6.09 Å². The van der Waals surface area contributed by atoms with Crippen LogP contribution in [0.25, 0.3) is 11.0 Å². The molecule has 0 spiro atoms. The number of halogens is 1. The molecule has 0 radical (unpaired) electrons. The molecule has 0 aliphatic carbocycles. The molecule has 35 heavy (non-hydrogen) atoms. The highest BCUT2D eigenvalue weighted by atomic mass is 19.1. The van der Waals surface area contributed by atoms with Crippen LogP contribution in [-0.2, 0) is 22.4 Å². The number of ether oxygens (including phenoxy) is 2. The van der Waals surface area contributed by atoms with E-state index in [0.29, 0.717) is 12.0 Å². The summed E-state index contributed by atoms with van der Waals surface area (Å²) in [7, 11) is 2.69. The van der Waals surface area contributed by atoms with Crippen molar-refractivity contribution in [1.29, 1.82) is 0 Å². The predicted octanol–water partition coefficient (Wildman–Crippen LogP) is 1.95. The van der Waals surface area contributed by atoms with Gasteiger partial charge in [-0.15, -0.1) is 0 Å². The fraction of sp³-hybridized carbons (Fsp3) is 0.333. The Bertz CT molecular complexity index is 1280. The Morgan fingerprint density at radius 1 is 1.20 bits per heavy atom. The van der Waals surface area contributed by atoms with Crippen molar-refractivity contribution in [2.24, 2.45) is 0 Å². The molecular weight excluding hydrogens is 459 g/mol. The molecule has 0 saturated carbocycles. The number of amides is 2. The Hall–Kier alpha value is -3.99. The first kappa shape index (κ1) is 25.6. The molecule has 0 saturated heterocycles. The van der Waals surface area contributed by atoms with Gasteiger partial charge in [0.2, 0.25) is 0 Å².